The Balaban J connectivity index is 2.39. The molecule has 1 rings (SSSR count). The fourth-order valence-electron chi connectivity index (χ4n) is 1.97. The molecule has 1 aliphatic heterocycles. The van der Waals surface area contributed by atoms with Crippen molar-refractivity contribution in [2.45, 2.75) is 32.4 Å². The van der Waals surface area contributed by atoms with Crippen molar-refractivity contribution in [3.05, 3.63) is 12.7 Å². The summed E-state index contributed by atoms with van der Waals surface area (Å²) < 4.78 is 0. The van der Waals surface area contributed by atoms with E-state index in [9.17, 15) is 0 Å². The average molecular weight is 182 g/mol. The topological polar surface area (TPSA) is 6.48 Å². The zero-order valence-corrected chi connectivity index (χ0v) is 9.16. The zero-order chi connectivity index (χ0) is 9.84. The van der Waals surface area contributed by atoms with Crippen LogP contribution in [0.15, 0.2) is 12.7 Å². The third-order valence-corrected chi connectivity index (χ3v) is 3.08. The van der Waals surface area contributed by atoms with Crippen LogP contribution in [-0.2, 0) is 0 Å². The molecular formula is C11H22N2. The molecule has 0 aromatic heterocycles. The molecule has 0 bridgehead atoms. The molecule has 2 atom stereocenters. The molecule has 0 aromatic rings. The lowest BCUT2D eigenvalue weighted by Crippen LogP contribution is -2.54. The second kappa shape index (κ2) is 4.77. The van der Waals surface area contributed by atoms with Gasteiger partial charge in [0.25, 0.3) is 0 Å². The van der Waals surface area contributed by atoms with Crippen LogP contribution in [0.1, 0.15) is 20.3 Å². The maximum absolute atomic E-state index is 3.76. The molecule has 1 saturated heterocycles. The second-order valence-electron chi connectivity index (χ2n) is 4.20. The summed E-state index contributed by atoms with van der Waals surface area (Å²) in [7, 11) is 2.22. The van der Waals surface area contributed by atoms with E-state index in [2.05, 4.69) is 37.3 Å². The highest BCUT2D eigenvalue weighted by Gasteiger charge is 2.25. The summed E-state index contributed by atoms with van der Waals surface area (Å²) in [5.41, 5.74) is 0. The van der Waals surface area contributed by atoms with Crippen LogP contribution in [0.3, 0.4) is 0 Å². The number of rotatable bonds is 3. The summed E-state index contributed by atoms with van der Waals surface area (Å²) in [6.07, 6.45) is 3.12. The first-order valence-electron chi connectivity index (χ1n) is 5.20. The van der Waals surface area contributed by atoms with E-state index < -0.39 is 0 Å². The van der Waals surface area contributed by atoms with Gasteiger partial charge in [-0.2, -0.15) is 0 Å². The molecule has 0 aliphatic carbocycles. The SMILES string of the molecule is C=CCCN1C[C@@H](C)N(C)[C@@H](C)C1. The summed E-state index contributed by atoms with van der Waals surface area (Å²) in [5, 5.41) is 0. The first-order valence-corrected chi connectivity index (χ1v) is 5.20. The highest BCUT2D eigenvalue weighted by molar-refractivity contribution is 4.83. The van der Waals surface area contributed by atoms with Crippen molar-refractivity contribution in [3.63, 3.8) is 0 Å². The maximum Gasteiger partial charge on any atom is 0.0195 e. The normalized spacial score (nSPS) is 31.9. The van der Waals surface area contributed by atoms with E-state index in [0.29, 0.717) is 12.1 Å². The lowest BCUT2D eigenvalue weighted by atomic mass is 10.1. The Morgan fingerprint density at radius 2 is 1.85 bits per heavy atom. The molecular weight excluding hydrogens is 160 g/mol. The van der Waals surface area contributed by atoms with Gasteiger partial charge in [0.2, 0.25) is 0 Å². The van der Waals surface area contributed by atoms with Gasteiger partial charge in [-0.3, -0.25) is 9.80 Å². The molecule has 0 aromatic carbocycles. The third kappa shape index (κ3) is 2.82. The number of piperazine rings is 1. The first kappa shape index (κ1) is 10.7. The maximum atomic E-state index is 3.76. The van der Waals surface area contributed by atoms with Crippen molar-refractivity contribution in [1.82, 2.24) is 9.80 Å². The van der Waals surface area contributed by atoms with E-state index in [0.717, 1.165) is 6.42 Å². The van der Waals surface area contributed by atoms with Crippen molar-refractivity contribution in [3.8, 4) is 0 Å². The molecule has 2 heteroatoms. The molecule has 1 aliphatic rings. The van der Waals surface area contributed by atoms with Gasteiger partial charge >= 0.3 is 0 Å². The van der Waals surface area contributed by atoms with Crippen molar-refractivity contribution >= 4 is 0 Å². The largest absolute Gasteiger partial charge is 0.300 e. The summed E-state index contributed by atoms with van der Waals surface area (Å²) in [6.45, 7) is 11.9. The van der Waals surface area contributed by atoms with Crippen LogP contribution < -0.4 is 0 Å². The van der Waals surface area contributed by atoms with E-state index in [1.807, 2.05) is 6.08 Å². The number of likely N-dealkylation sites (N-methyl/N-ethyl adjacent to an activating group) is 1. The number of hydrogen-bond donors (Lipinski definition) is 0. The van der Waals surface area contributed by atoms with E-state index in [4.69, 9.17) is 0 Å². The first-order chi connectivity index (χ1) is 6.15. The summed E-state index contributed by atoms with van der Waals surface area (Å²) >= 11 is 0. The van der Waals surface area contributed by atoms with Crippen LogP contribution in [0.25, 0.3) is 0 Å². The van der Waals surface area contributed by atoms with Crippen molar-refractivity contribution in [1.29, 1.82) is 0 Å². The lowest BCUT2D eigenvalue weighted by Gasteiger charge is -2.42. The van der Waals surface area contributed by atoms with E-state index >= 15 is 0 Å². The van der Waals surface area contributed by atoms with Gasteiger partial charge in [0, 0.05) is 31.7 Å². The molecule has 0 N–H and O–H groups in total. The molecule has 2 nitrogen and oxygen atoms in total. The number of hydrogen-bond acceptors (Lipinski definition) is 2. The predicted octanol–water partition coefficient (Wildman–Crippen LogP) is 1.59. The van der Waals surface area contributed by atoms with Crippen LogP contribution in [0, 0.1) is 0 Å². The summed E-state index contributed by atoms with van der Waals surface area (Å²) in [6, 6.07) is 1.38. The fraction of sp³-hybridized carbons (Fsp3) is 0.818. The Hall–Kier alpha value is -0.340. The molecule has 0 saturated carbocycles. The van der Waals surface area contributed by atoms with Crippen LogP contribution in [0.5, 0.6) is 0 Å². The van der Waals surface area contributed by atoms with Crippen molar-refractivity contribution in [2.24, 2.45) is 0 Å². The minimum atomic E-state index is 0.688. The van der Waals surface area contributed by atoms with Crippen LogP contribution in [-0.4, -0.2) is 48.6 Å². The number of nitrogens with zero attached hydrogens (tertiary/aromatic N) is 2. The van der Waals surface area contributed by atoms with Gasteiger partial charge in [0.1, 0.15) is 0 Å². The zero-order valence-electron chi connectivity index (χ0n) is 9.16. The van der Waals surface area contributed by atoms with E-state index in [-0.39, 0.29) is 0 Å². The Bertz CT molecular complexity index is 155. The van der Waals surface area contributed by atoms with Crippen molar-refractivity contribution in [2.75, 3.05) is 26.7 Å². The van der Waals surface area contributed by atoms with Gasteiger partial charge in [-0.25, -0.2) is 0 Å². The van der Waals surface area contributed by atoms with Crippen LogP contribution in [0.4, 0.5) is 0 Å². The average Bonchev–Trinajstić information content (AvgIpc) is 2.10. The lowest BCUT2D eigenvalue weighted by molar-refractivity contribution is 0.0612. The molecule has 1 fully saturated rings. The summed E-state index contributed by atoms with van der Waals surface area (Å²) in [4.78, 5) is 5.00. The highest BCUT2D eigenvalue weighted by Crippen LogP contribution is 2.13. The molecule has 0 unspecified atom stereocenters. The predicted molar refractivity (Wildman–Crippen MR) is 57.9 cm³/mol. The Kier molecular flexibility index (Phi) is 3.94. The standard InChI is InChI=1S/C11H22N2/c1-5-6-7-13-8-10(2)12(4)11(3)9-13/h5,10-11H,1,6-9H2,2-4H3/t10-,11+. The second-order valence-corrected chi connectivity index (χ2v) is 4.20. The highest BCUT2D eigenvalue weighted by atomic mass is 15.3. The Morgan fingerprint density at radius 3 is 2.31 bits per heavy atom. The van der Waals surface area contributed by atoms with Crippen molar-refractivity contribution < 1.29 is 0 Å². The minimum absolute atomic E-state index is 0.688. The van der Waals surface area contributed by atoms with Gasteiger partial charge in [-0.1, -0.05) is 6.08 Å². The quantitative estimate of drug-likeness (QED) is 0.612. The smallest absolute Gasteiger partial charge is 0.0195 e. The minimum Gasteiger partial charge on any atom is -0.300 e. The molecule has 0 spiro atoms. The van der Waals surface area contributed by atoms with Gasteiger partial charge in [-0.05, 0) is 27.3 Å². The van der Waals surface area contributed by atoms with Gasteiger partial charge in [0.05, 0.1) is 0 Å². The molecule has 1 heterocycles. The fourth-order valence-corrected chi connectivity index (χ4v) is 1.97. The Morgan fingerprint density at radius 1 is 1.31 bits per heavy atom. The van der Waals surface area contributed by atoms with Crippen LogP contribution in [0.2, 0.25) is 0 Å². The molecule has 76 valence electrons. The Labute approximate surface area is 82.2 Å². The van der Waals surface area contributed by atoms with Crippen LogP contribution >= 0.6 is 0 Å². The van der Waals surface area contributed by atoms with Gasteiger partial charge < -0.3 is 0 Å². The van der Waals surface area contributed by atoms with Gasteiger partial charge in [0.15, 0.2) is 0 Å². The third-order valence-electron chi connectivity index (χ3n) is 3.08. The van der Waals surface area contributed by atoms with E-state index in [1.165, 1.54) is 19.6 Å². The van der Waals surface area contributed by atoms with E-state index in [1.54, 1.807) is 0 Å². The molecule has 13 heavy (non-hydrogen) atoms. The monoisotopic (exact) mass is 182 g/mol. The molecule has 0 amide bonds. The van der Waals surface area contributed by atoms with Gasteiger partial charge in [-0.15, -0.1) is 6.58 Å². The molecule has 0 radical (unpaired) electrons. The summed E-state index contributed by atoms with van der Waals surface area (Å²) in [5.74, 6) is 0.